The van der Waals surface area contributed by atoms with E-state index in [1.807, 2.05) is 16.7 Å². The molecule has 5 rings (SSSR count). The molecule has 0 aliphatic rings. The summed E-state index contributed by atoms with van der Waals surface area (Å²) < 4.78 is 23.0. The monoisotopic (exact) mass is 552 g/mol. The zero-order valence-corrected chi connectivity index (χ0v) is 22.3. The van der Waals surface area contributed by atoms with Gasteiger partial charge in [0.1, 0.15) is 11.9 Å². The summed E-state index contributed by atoms with van der Waals surface area (Å²) in [5.74, 6) is -0.582. The molecule has 0 aliphatic heterocycles. The van der Waals surface area contributed by atoms with Crippen LogP contribution in [0.3, 0.4) is 0 Å². The Morgan fingerprint density at radius 3 is 2.58 bits per heavy atom. The van der Waals surface area contributed by atoms with Gasteiger partial charge >= 0.3 is 0 Å². The molecule has 0 radical (unpaired) electrons. The maximum atomic E-state index is 15.5. The molecule has 0 fully saturated rings. The van der Waals surface area contributed by atoms with Crippen molar-refractivity contribution in [3.05, 3.63) is 95.5 Å². The van der Waals surface area contributed by atoms with Gasteiger partial charge in [-0.05, 0) is 54.5 Å². The smallest absolute Gasteiger partial charge is 0.247 e. The summed E-state index contributed by atoms with van der Waals surface area (Å²) in [5.41, 5.74) is 10.9. The molecule has 3 heterocycles. The zero-order valence-electron chi connectivity index (χ0n) is 21.5. The van der Waals surface area contributed by atoms with Crippen LogP contribution in [-0.2, 0) is 11.8 Å². The highest BCUT2D eigenvalue weighted by molar-refractivity contribution is 6.31. The minimum atomic E-state index is -0.625. The predicted octanol–water partition coefficient (Wildman–Crippen LogP) is 6.77. The maximum Gasteiger partial charge on any atom is 0.247 e. The molecule has 0 saturated heterocycles. The molecular formula is C30H22ClFN6O2. The van der Waals surface area contributed by atoms with E-state index in [4.69, 9.17) is 22.1 Å². The second-order valence-electron chi connectivity index (χ2n) is 8.91. The number of nitriles is 1. The minimum Gasteiger partial charge on any atom is -0.436 e. The van der Waals surface area contributed by atoms with Crippen molar-refractivity contribution >= 4 is 39.9 Å². The average Bonchev–Trinajstić information content (AvgIpc) is 3.26. The number of halogens is 2. The summed E-state index contributed by atoms with van der Waals surface area (Å²) in [5, 5.41) is 13.5. The van der Waals surface area contributed by atoms with Gasteiger partial charge in [0, 0.05) is 30.6 Å². The normalized spacial score (nSPS) is 10.8. The van der Waals surface area contributed by atoms with Crippen molar-refractivity contribution in [1.82, 2.24) is 14.5 Å². The van der Waals surface area contributed by atoms with Crippen molar-refractivity contribution in [1.29, 1.82) is 5.26 Å². The van der Waals surface area contributed by atoms with E-state index in [-0.39, 0.29) is 23.4 Å². The van der Waals surface area contributed by atoms with E-state index in [0.717, 1.165) is 5.56 Å². The lowest BCUT2D eigenvalue weighted by Crippen LogP contribution is -2.06. The van der Waals surface area contributed by atoms with E-state index in [1.54, 1.807) is 44.3 Å². The first-order valence-corrected chi connectivity index (χ1v) is 12.4. The highest BCUT2D eigenvalue weighted by Crippen LogP contribution is 2.44. The van der Waals surface area contributed by atoms with Crippen LogP contribution in [-0.4, -0.2) is 20.4 Å². The number of amides is 1. The number of carbonyl (C=O) groups excluding carboxylic acids is 1. The summed E-state index contributed by atoms with van der Waals surface area (Å²) in [6.07, 6.45) is 2.60. The third-order valence-corrected chi connectivity index (χ3v) is 6.80. The molecule has 0 aliphatic carbocycles. The number of fused-ring (bicyclic) bond motifs is 1. The van der Waals surface area contributed by atoms with E-state index >= 15 is 4.39 Å². The molecule has 0 bridgehead atoms. The van der Waals surface area contributed by atoms with Gasteiger partial charge in [0.05, 0.1) is 32.9 Å². The number of hydrogen-bond donors (Lipinski definition) is 2. The van der Waals surface area contributed by atoms with Crippen LogP contribution in [0.15, 0.2) is 73.4 Å². The van der Waals surface area contributed by atoms with Gasteiger partial charge in [-0.1, -0.05) is 36.4 Å². The summed E-state index contributed by atoms with van der Waals surface area (Å²) in [6.45, 7) is 5.19. The standard InChI is InChI=1S/C30H22ClFN6O2/c1-4-24(39)37-20-8-5-17(6-9-20)28-26(27-29(38(28)3)19(14-33)15-35-30(27)34)18-7-11-23(22(32)13-18)40-25-12-10-21(31)16(2)36-25/h4-13,15H,1H2,2-3H3,(H2,34,35)(H,37,39). The largest absolute Gasteiger partial charge is 0.436 e. The van der Waals surface area contributed by atoms with E-state index in [0.29, 0.717) is 49.7 Å². The number of aromatic nitrogens is 3. The fourth-order valence-corrected chi connectivity index (χ4v) is 4.65. The van der Waals surface area contributed by atoms with Crippen LogP contribution in [0.25, 0.3) is 33.3 Å². The summed E-state index contributed by atoms with van der Waals surface area (Å²) in [7, 11) is 1.80. The van der Waals surface area contributed by atoms with Gasteiger partial charge in [-0.2, -0.15) is 5.26 Å². The molecule has 2 aromatic carbocycles. The number of ether oxygens (including phenoxy) is 1. The SMILES string of the molecule is C=CC(=O)Nc1ccc(-c2c(-c3ccc(Oc4ccc(Cl)c(C)n4)c(F)c3)c3c(N)ncc(C#N)c3n2C)cc1. The molecule has 5 aromatic rings. The lowest BCUT2D eigenvalue weighted by Gasteiger charge is -2.12. The van der Waals surface area contributed by atoms with Crippen LogP contribution in [0.4, 0.5) is 15.9 Å². The van der Waals surface area contributed by atoms with Crippen molar-refractivity contribution in [2.75, 3.05) is 11.1 Å². The third kappa shape index (κ3) is 4.72. The number of nitrogen functional groups attached to an aromatic ring is 1. The molecule has 0 atom stereocenters. The zero-order chi connectivity index (χ0) is 28.6. The highest BCUT2D eigenvalue weighted by atomic mass is 35.5. The number of hydrogen-bond acceptors (Lipinski definition) is 6. The van der Waals surface area contributed by atoms with Crippen LogP contribution in [0.2, 0.25) is 5.02 Å². The first-order chi connectivity index (χ1) is 19.2. The van der Waals surface area contributed by atoms with Gasteiger partial charge < -0.3 is 20.4 Å². The van der Waals surface area contributed by atoms with E-state index in [9.17, 15) is 10.1 Å². The Labute approximate surface area is 234 Å². The molecule has 3 N–H and O–H groups in total. The van der Waals surface area contributed by atoms with E-state index < -0.39 is 5.82 Å². The first kappa shape index (κ1) is 26.4. The van der Waals surface area contributed by atoms with Crippen molar-refractivity contribution in [2.24, 2.45) is 7.05 Å². The number of rotatable bonds is 6. The quantitative estimate of drug-likeness (QED) is 0.224. The lowest BCUT2D eigenvalue weighted by atomic mass is 9.97. The molecule has 198 valence electrons. The number of nitrogens with zero attached hydrogens (tertiary/aromatic N) is 4. The Morgan fingerprint density at radius 1 is 1.20 bits per heavy atom. The van der Waals surface area contributed by atoms with Crippen LogP contribution in [0, 0.1) is 24.1 Å². The van der Waals surface area contributed by atoms with Gasteiger partial charge in [-0.25, -0.2) is 14.4 Å². The number of benzene rings is 2. The number of nitrogens with two attached hydrogens (primary N) is 1. The molecule has 0 spiro atoms. The van der Waals surface area contributed by atoms with Crippen LogP contribution in [0.5, 0.6) is 11.6 Å². The van der Waals surface area contributed by atoms with Gasteiger partial charge in [0.2, 0.25) is 11.8 Å². The second-order valence-corrected chi connectivity index (χ2v) is 9.32. The van der Waals surface area contributed by atoms with Crippen molar-refractivity contribution < 1.29 is 13.9 Å². The molecule has 3 aromatic heterocycles. The van der Waals surface area contributed by atoms with Gasteiger partial charge in [0.25, 0.3) is 0 Å². The molecule has 0 saturated carbocycles. The van der Waals surface area contributed by atoms with Crippen LogP contribution >= 0.6 is 11.6 Å². The number of anilines is 2. The topological polar surface area (TPSA) is 119 Å². The summed E-state index contributed by atoms with van der Waals surface area (Å²) in [4.78, 5) is 20.2. The van der Waals surface area contributed by atoms with E-state index in [2.05, 4.69) is 27.9 Å². The highest BCUT2D eigenvalue weighted by Gasteiger charge is 2.24. The van der Waals surface area contributed by atoms with Crippen LogP contribution < -0.4 is 15.8 Å². The van der Waals surface area contributed by atoms with Gasteiger partial charge in [-0.3, -0.25) is 4.79 Å². The molecule has 10 heteroatoms. The van der Waals surface area contributed by atoms with Crippen LogP contribution in [0.1, 0.15) is 11.3 Å². The van der Waals surface area contributed by atoms with E-state index in [1.165, 1.54) is 24.4 Å². The fourth-order valence-electron chi connectivity index (χ4n) is 4.54. The molecular weight excluding hydrogens is 531 g/mol. The second kappa shape index (κ2) is 10.5. The Morgan fingerprint density at radius 2 is 1.93 bits per heavy atom. The average molecular weight is 553 g/mol. The molecule has 40 heavy (non-hydrogen) atoms. The number of nitrogens with one attached hydrogen (secondary N) is 1. The minimum absolute atomic E-state index is 0.0223. The number of pyridine rings is 2. The number of carbonyl (C=O) groups is 1. The van der Waals surface area contributed by atoms with Crippen molar-refractivity contribution in [3.8, 4) is 40.1 Å². The Hall–Kier alpha value is -5.20. The van der Waals surface area contributed by atoms with Crippen molar-refractivity contribution in [3.63, 3.8) is 0 Å². The first-order valence-electron chi connectivity index (χ1n) is 12.0. The molecule has 0 unspecified atom stereocenters. The fraction of sp³-hybridized carbons (Fsp3) is 0.0667. The number of aryl methyl sites for hydroxylation is 2. The van der Waals surface area contributed by atoms with Crippen molar-refractivity contribution in [2.45, 2.75) is 6.92 Å². The Balaban J connectivity index is 1.67. The Kier molecular flexibility index (Phi) is 6.94. The lowest BCUT2D eigenvalue weighted by molar-refractivity contribution is -0.111. The molecule has 1 amide bonds. The summed E-state index contributed by atoms with van der Waals surface area (Å²) in [6, 6.07) is 17.0. The Bertz CT molecular complexity index is 1860. The maximum absolute atomic E-state index is 15.5. The predicted molar refractivity (Wildman–Crippen MR) is 154 cm³/mol. The third-order valence-electron chi connectivity index (χ3n) is 6.40. The van der Waals surface area contributed by atoms with Gasteiger partial charge in [-0.15, -0.1) is 0 Å². The molecule has 8 nitrogen and oxygen atoms in total. The summed E-state index contributed by atoms with van der Waals surface area (Å²) >= 11 is 6.04. The van der Waals surface area contributed by atoms with Gasteiger partial charge in [0.15, 0.2) is 11.6 Å².